The fourth-order valence-electron chi connectivity index (χ4n) is 7.10. The Labute approximate surface area is 331 Å². The first-order chi connectivity index (χ1) is 28.2. The van der Waals surface area contributed by atoms with E-state index >= 15 is 0 Å². The van der Waals surface area contributed by atoms with Crippen LogP contribution in [0.1, 0.15) is 13.8 Å². The van der Waals surface area contributed by atoms with Crippen molar-refractivity contribution in [2.24, 2.45) is 0 Å². The summed E-state index contributed by atoms with van der Waals surface area (Å²) in [5.74, 6) is 2.42. The van der Waals surface area contributed by atoms with E-state index in [2.05, 4.69) is 78.9 Å². The van der Waals surface area contributed by atoms with E-state index in [4.69, 9.17) is 29.3 Å². The summed E-state index contributed by atoms with van der Waals surface area (Å²) in [6.07, 6.45) is 0. The van der Waals surface area contributed by atoms with Gasteiger partial charge in [0, 0.05) is 33.2 Å². The Hall–Kier alpha value is -7.57. The zero-order chi connectivity index (χ0) is 38.6. The van der Waals surface area contributed by atoms with E-state index in [1.54, 1.807) is 0 Å². The SMILES string of the molecule is CC.c1ccc(-c2ccc(-c3nc(-c4ccccc4)nc(-c4cccc(-c5cccc6oc7nc(-c8ccccc8)nc(-c8ccccc8)c7c56)c4)n3)cc2)cc1. The largest absolute Gasteiger partial charge is 0.438 e. The summed E-state index contributed by atoms with van der Waals surface area (Å²) in [5.41, 5.74) is 11.0. The molecular formula is C51H37N5O. The second kappa shape index (κ2) is 15.7. The summed E-state index contributed by atoms with van der Waals surface area (Å²) >= 11 is 0. The van der Waals surface area contributed by atoms with Crippen molar-refractivity contribution in [1.29, 1.82) is 0 Å². The maximum atomic E-state index is 6.54. The van der Waals surface area contributed by atoms with Crippen molar-refractivity contribution in [3.63, 3.8) is 0 Å². The molecule has 6 nitrogen and oxygen atoms in total. The van der Waals surface area contributed by atoms with Gasteiger partial charge in [-0.2, -0.15) is 4.98 Å². The van der Waals surface area contributed by atoms with Crippen LogP contribution in [0.5, 0.6) is 0 Å². The lowest BCUT2D eigenvalue weighted by Gasteiger charge is -2.11. The molecule has 0 radical (unpaired) electrons. The minimum absolute atomic E-state index is 0.541. The molecule has 0 fully saturated rings. The van der Waals surface area contributed by atoms with Gasteiger partial charge in [-0.1, -0.05) is 190 Å². The molecule has 10 aromatic rings. The maximum absolute atomic E-state index is 6.54. The van der Waals surface area contributed by atoms with Crippen molar-refractivity contribution >= 4 is 22.1 Å². The van der Waals surface area contributed by atoms with E-state index < -0.39 is 0 Å². The maximum Gasteiger partial charge on any atom is 0.231 e. The third kappa shape index (κ3) is 6.97. The van der Waals surface area contributed by atoms with Gasteiger partial charge < -0.3 is 4.42 Å². The first kappa shape index (κ1) is 35.2. The number of aromatic nitrogens is 5. The summed E-state index contributed by atoms with van der Waals surface area (Å²) in [4.78, 5) is 25.2. The first-order valence-corrected chi connectivity index (χ1v) is 19.2. The number of furan rings is 1. The van der Waals surface area contributed by atoms with Gasteiger partial charge in [-0.3, -0.25) is 0 Å². The van der Waals surface area contributed by atoms with Crippen molar-refractivity contribution < 1.29 is 4.42 Å². The summed E-state index contributed by atoms with van der Waals surface area (Å²) in [7, 11) is 0. The molecule has 0 aliphatic heterocycles. The Balaban J connectivity index is 0.00000208. The highest BCUT2D eigenvalue weighted by Crippen LogP contribution is 2.41. The van der Waals surface area contributed by atoms with Gasteiger partial charge in [0.25, 0.3) is 0 Å². The molecule has 0 unspecified atom stereocenters. The molecule has 3 aromatic heterocycles. The van der Waals surface area contributed by atoms with E-state index in [1.807, 2.05) is 123 Å². The monoisotopic (exact) mass is 735 g/mol. The van der Waals surface area contributed by atoms with Gasteiger partial charge in [0.2, 0.25) is 5.71 Å². The smallest absolute Gasteiger partial charge is 0.231 e. The van der Waals surface area contributed by atoms with Crippen LogP contribution in [0.2, 0.25) is 0 Å². The third-order valence-corrected chi connectivity index (χ3v) is 9.79. The highest BCUT2D eigenvalue weighted by atomic mass is 16.3. The van der Waals surface area contributed by atoms with Crippen LogP contribution in [-0.2, 0) is 0 Å². The van der Waals surface area contributed by atoms with Crippen molar-refractivity contribution in [1.82, 2.24) is 24.9 Å². The average molecular weight is 736 g/mol. The molecule has 0 N–H and O–H groups in total. The number of nitrogens with zero attached hydrogens (tertiary/aromatic N) is 5. The zero-order valence-electron chi connectivity index (χ0n) is 31.5. The van der Waals surface area contributed by atoms with E-state index in [1.165, 1.54) is 0 Å². The van der Waals surface area contributed by atoms with Gasteiger partial charge in [0.05, 0.1) is 11.1 Å². The molecule has 0 bridgehead atoms. The van der Waals surface area contributed by atoms with Crippen LogP contribution in [0.4, 0.5) is 0 Å². The van der Waals surface area contributed by atoms with Crippen molar-refractivity contribution in [3.8, 4) is 79.1 Å². The molecule has 0 spiro atoms. The minimum Gasteiger partial charge on any atom is -0.438 e. The summed E-state index contributed by atoms with van der Waals surface area (Å²) in [5, 5.41) is 1.82. The molecule has 10 rings (SSSR count). The van der Waals surface area contributed by atoms with Gasteiger partial charge in [-0.15, -0.1) is 0 Å². The van der Waals surface area contributed by atoms with Crippen LogP contribution in [0.15, 0.2) is 192 Å². The Kier molecular flexibility index (Phi) is 9.65. The van der Waals surface area contributed by atoms with Gasteiger partial charge in [-0.25, -0.2) is 19.9 Å². The molecule has 6 heteroatoms. The predicted molar refractivity (Wildman–Crippen MR) is 232 cm³/mol. The van der Waals surface area contributed by atoms with E-state index in [0.29, 0.717) is 29.0 Å². The summed E-state index contributed by atoms with van der Waals surface area (Å²) in [6.45, 7) is 4.00. The van der Waals surface area contributed by atoms with Gasteiger partial charge in [0.15, 0.2) is 23.3 Å². The van der Waals surface area contributed by atoms with Gasteiger partial charge in [0.1, 0.15) is 5.58 Å². The topological polar surface area (TPSA) is 77.6 Å². The molecule has 272 valence electrons. The van der Waals surface area contributed by atoms with E-state index in [9.17, 15) is 0 Å². The fraction of sp³-hybridized carbons (Fsp3) is 0.0392. The van der Waals surface area contributed by atoms with Gasteiger partial charge >= 0.3 is 0 Å². The second-order valence-electron chi connectivity index (χ2n) is 13.3. The zero-order valence-corrected chi connectivity index (χ0v) is 31.5. The normalized spacial score (nSPS) is 11.0. The molecule has 0 atom stereocenters. The molecule has 0 amide bonds. The van der Waals surface area contributed by atoms with Crippen LogP contribution < -0.4 is 0 Å². The summed E-state index contributed by atoms with van der Waals surface area (Å²) < 4.78 is 6.54. The highest BCUT2D eigenvalue weighted by Gasteiger charge is 2.21. The quantitative estimate of drug-likeness (QED) is 0.162. The third-order valence-electron chi connectivity index (χ3n) is 9.79. The number of hydrogen-bond acceptors (Lipinski definition) is 6. The van der Waals surface area contributed by atoms with E-state index in [-0.39, 0.29) is 0 Å². The molecule has 0 saturated carbocycles. The van der Waals surface area contributed by atoms with Crippen LogP contribution in [-0.4, -0.2) is 24.9 Å². The molecule has 7 aromatic carbocycles. The van der Waals surface area contributed by atoms with Crippen molar-refractivity contribution in [3.05, 3.63) is 188 Å². The average Bonchev–Trinajstić information content (AvgIpc) is 3.69. The van der Waals surface area contributed by atoms with Crippen molar-refractivity contribution in [2.75, 3.05) is 0 Å². The lowest BCUT2D eigenvalue weighted by atomic mass is 9.96. The number of benzene rings is 7. The lowest BCUT2D eigenvalue weighted by molar-refractivity contribution is 0.653. The van der Waals surface area contributed by atoms with Crippen LogP contribution >= 0.6 is 0 Å². The van der Waals surface area contributed by atoms with Crippen LogP contribution in [0.3, 0.4) is 0 Å². The molecule has 57 heavy (non-hydrogen) atoms. The number of hydrogen-bond donors (Lipinski definition) is 0. The van der Waals surface area contributed by atoms with Crippen molar-refractivity contribution in [2.45, 2.75) is 13.8 Å². The fourth-order valence-corrected chi connectivity index (χ4v) is 7.10. The van der Waals surface area contributed by atoms with E-state index in [0.717, 1.165) is 72.1 Å². The number of fused-ring (bicyclic) bond motifs is 3. The molecular weight excluding hydrogens is 699 g/mol. The van der Waals surface area contributed by atoms with Crippen LogP contribution in [0, 0.1) is 0 Å². The minimum atomic E-state index is 0.541. The standard InChI is InChI=1S/C49H31N5O.C2H6/c1-5-15-32(16-6-1)33-27-29-37(30-28-33)47-51-46(36-21-11-4-12-22-36)52-48(53-47)39-24-13-23-38(31-39)40-25-14-26-41-42(40)43-44(34-17-7-2-8-18-34)50-45(54-49(43)55-41)35-19-9-3-10-20-35;1-2/h1-31H;1-2H3. The lowest BCUT2D eigenvalue weighted by Crippen LogP contribution is -2.00. The Morgan fingerprint density at radius 2 is 0.737 bits per heavy atom. The summed E-state index contributed by atoms with van der Waals surface area (Å²) in [6, 6.07) is 63.5. The number of rotatable bonds is 7. The molecule has 3 heterocycles. The predicted octanol–water partition coefficient (Wildman–Crippen LogP) is 13.3. The van der Waals surface area contributed by atoms with Gasteiger partial charge in [-0.05, 0) is 34.4 Å². The Morgan fingerprint density at radius 3 is 1.33 bits per heavy atom. The molecule has 0 aliphatic carbocycles. The second-order valence-corrected chi connectivity index (χ2v) is 13.3. The molecule has 0 saturated heterocycles. The molecule has 0 aliphatic rings. The highest BCUT2D eigenvalue weighted by molar-refractivity contribution is 6.16. The Bertz CT molecular complexity index is 2950. The Morgan fingerprint density at radius 1 is 0.316 bits per heavy atom. The first-order valence-electron chi connectivity index (χ1n) is 19.2. The van der Waals surface area contributed by atoms with Crippen LogP contribution in [0.25, 0.3) is 101 Å².